The summed E-state index contributed by atoms with van der Waals surface area (Å²) in [5.41, 5.74) is 3.32. The Morgan fingerprint density at radius 3 is 2.67 bits per heavy atom. The third-order valence-corrected chi connectivity index (χ3v) is 3.41. The second-order valence-corrected chi connectivity index (χ2v) is 5.40. The average molecular weight is 290 g/mol. The van der Waals surface area contributed by atoms with Crippen molar-refractivity contribution in [2.75, 3.05) is 0 Å². The van der Waals surface area contributed by atoms with E-state index < -0.39 is 5.97 Å². The normalized spacial score (nSPS) is 11.1. The predicted molar refractivity (Wildman–Crippen MR) is 78.7 cm³/mol. The smallest absolute Gasteiger partial charge is 0.303 e. The molecule has 0 saturated heterocycles. The van der Waals surface area contributed by atoms with Crippen LogP contribution in [0.5, 0.6) is 0 Å². The lowest BCUT2D eigenvalue weighted by molar-refractivity contribution is -0.136. The molecule has 0 fully saturated rings. The maximum Gasteiger partial charge on any atom is 0.303 e. The Kier molecular flexibility index (Phi) is 4.40. The maximum atomic E-state index is 13.5. The number of hydrogen-bond acceptors (Lipinski definition) is 2. The molecule has 21 heavy (non-hydrogen) atoms. The minimum absolute atomic E-state index is 0.0200. The molecule has 1 N–H and O–H groups in total. The van der Waals surface area contributed by atoms with Crippen molar-refractivity contribution in [3.63, 3.8) is 0 Å². The van der Waals surface area contributed by atoms with Gasteiger partial charge in [0.05, 0.1) is 5.69 Å². The number of aromatic nitrogens is 2. The SMILES string of the molecule is Cc1nn(C(C)C)cc1-c1ccc(F)cc1CCC(=O)O. The van der Waals surface area contributed by atoms with Gasteiger partial charge in [-0.3, -0.25) is 9.48 Å². The lowest BCUT2D eigenvalue weighted by atomic mass is 9.97. The summed E-state index contributed by atoms with van der Waals surface area (Å²) in [5.74, 6) is -1.24. The molecular formula is C16H19FN2O2. The van der Waals surface area contributed by atoms with E-state index in [0.717, 1.165) is 16.8 Å². The van der Waals surface area contributed by atoms with Gasteiger partial charge in [-0.25, -0.2) is 4.39 Å². The highest BCUT2D eigenvalue weighted by atomic mass is 19.1. The van der Waals surface area contributed by atoms with Gasteiger partial charge in [-0.15, -0.1) is 0 Å². The molecule has 2 rings (SSSR count). The van der Waals surface area contributed by atoms with Crippen LogP contribution in [-0.2, 0) is 11.2 Å². The molecule has 0 atom stereocenters. The van der Waals surface area contributed by atoms with Gasteiger partial charge in [0.2, 0.25) is 0 Å². The summed E-state index contributed by atoms with van der Waals surface area (Å²) >= 11 is 0. The van der Waals surface area contributed by atoms with Crippen LogP contribution < -0.4 is 0 Å². The summed E-state index contributed by atoms with van der Waals surface area (Å²) in [6.45, 7) is 5.97. The summed E-state index contributed by atoms with van der Waals surface area (Å²) in [7, 11) is 0. The molecule has 0 spiro atoms. The van der Waals surface area contributed by atoms with Gasteiger partial charge in [0, 0.05) is 24.2 Å². The molecule has 1 aromatic heterocycles. The zero-order valence-corrected chi connectivity index (χ0v) is 12.4. The van der Waals surface area contributed by atoms with Crippen molar-refractivity contribution in [1.82, 2.24) is 9.78 Å². The van der Waals surface area contributed by atoms with Crippen molar-refractivity contribution in [2.24, 2.45) is 0 Å². The number of aliphatic carboxylic acids is 1. The largest absolute Gasteiger partial charge is 0.481 e. The number of aryl methyl sites for hydroxylation is 2. The number of benzene rings is 1. The number of nitrogens with zero attached hydrogens (tertiary/aromatic N) is 2. The number of halogens is 1. The highest BCUT2D eigenvalue weighted by Gasteiger charge is 2.14. The van der Waals surface area contributed by atoms with Gasteiger partial charge in [-0.05, 0) is 50.5 Å². The molecule has 0 radical (unpaired) electrons. The van der Waals surface area contributed by atoms with Crippen molar-refractivity contribution in [2.45, 2.75) is 39.7 Å². The Hall–Kier alpha value is -2.17. The van der Waals surface area contributed by atoms with Crippen LogP contribution in [0.3, 0.4) is 0 Å². The van der Waals surface area contributed by atoms with Crippen LogP contribution in [0.1, 0.15) is 37.6 Å². The van der Waals surface area contributed by atoms with Gasteiger partial charge in [0.1, 0.15) is 5.82 Å². The van der Waals surface area contributed by atoms with E-state index in [0.29, 0.717) is 12.0 Å². The number of carbonyl (C=O) groups is 1. The molecule has 0 unspecified atom stereocenters. The van der Waals surface area contributed by atoms with Crippen molar-refractivity contribution in [1.29, 1.82) is 0 Å². The minimum atomic E-state index is -0.889. The molecule has 5 heteroatoms. The van der Waals surface area contributed by atoms with E-state index in [-0.39, 0.29) is 18.3 Å². The first-order valence-corrected chi connectivity index (χ1v) is 6.95. The summed E-state index contributed by atoms with van der Waals surface area (Å²) in [6.07, 6.45) is 2.21. The molecule has 1 heterocycles. The number of rotatable bonds is 5. The quantitative estimate of drug-likeness (QED) is 0.915. The Labute approximate surface area is 123 Å². The van der Waals surface area contributed by atoms with Gasteiger partial charge < -0.3 is 5.11 Å². The monoisotopic (exact) mass is 290 g/mol. The average Bonchev–Trinajstić information content (AvgIpc) is 2.79. The summed E-state index contributed by atoms with van der Waals surface area (Å²) in [4.78, 5) is 10.8. The first-order valence-electron chi connectivity index (χ1n) is 6.95. The van der Waals surface area contributed by atoms with E-state index in [1.807, 2.05) is 31.6 Å². The second kappa shape index (κ2) is 6.08. The molecule has 0 aliphatic carbocycles. The minimum Gasteiger partial charge on any atom is -0.481 e. The van der Waals surface area contributed by atoms with E-state index in [2.05, 4.69) is 5.10 Å². The molecule has 0 amide bonds. The Bertz CT molecular complexity index is 662. The van der Waals surface area contributed by atoms with Crippen LogP contribution in [0.25, 0.3) is 11.1 Å². The van der Waals surface area contributed by atoms with Crippen LogP contribution >= 0.6 is 0 Å². The van der Waals surface area contributed by atoms with E-state index in [4.69, 9.17) is 5.11 Å². The number of hydrogen-bond donors (Lipinski definition) is 1. The van der Waals surface area contributed by atoms with Crippen molar-refractivity contribution >= 4 is 5.97 Å². The van der Waals surface area contributed by atoms with Crippen molar-refractivity contribution in [3.05, 3.63) is 41.5 Å². The van der Waals surface area contributed by atoms with Crippen LogP contribution in [-0.4, -0.2) is 20.9 Å². The number of carboxylic acids is 1. The Morgan fingerprint density at radius 2 is 2.10 bits per heavy atom. The van der Waals surface area contributed by atoms with Gasteiger partial charge in [-0.2, -0.15) is 5.10 Å². The lowest BCUT2D eigenvalue weighted by Crippen LogP contribution is -2.00. The van der Waals surface area contributed by atoms with Gasteiger partial charge >= 0.3 is 5.97 Å². The first-order chi connectivity index (χ1) is 9.88. The van der Waals surface area contributed by atoms with Gasteiger partial charge in [0.25, 0.3) is 0 Å². The highest BCUT2D eigenvalue weighted by Crippen LogP contribution is 2.29. The topological polar surface area (TPSA) is 55.1 Å². The molecular weight excluding hydrogens is 271 g/mol. The first kappa shape index (κ1) is 15.2. The van der Waals surface area contributed by atoms with Crippen LogP contribution in [0, 0.1) is 12.7 Å². The molecule has 0 aliphatic heterocycles. The highest BCUT2D eigenvalue weighted by molar-refractivity contribution is 5.71. The molecule has 112 valence electrons. The fourth-order valence-electron chi connectivity index (χ4n) is 2.28. The van der Waals surface area contributed by atoms with Crippen molar-refractivity contribution in [3.8, 4) is 11.1 Å². The van der Waals surface area contributed by atoms with Crippen molar-refractivity contribution < 1.29 is 14.3 Å². The summed E-state index contributed by atoms with van der Waals surface area (Å²) in [6, 6.07) is 4.73. The number of carboxylic acid groups (broad SMARTS) is 1. The maximum absolute atomic E-state index is 13.5. The lowest BCUT2D eigenvalue weighted by Gasteiger charge is -2.08. The fourth-order valence-corrected chi connectivity index (χ4v) is 2.28. The third-order valence-electron chi connectivity index (χ3n) is 3.41. The van der Waals surface area contributed by atoms with Crippen LogP contribution in [0.4, 0.5) is 4.39 Å². The standard InChI is InChI=1S/C16H19FN2O2/c1-10(2)19-9-15(11(3)18-19)14-6-5-13(17)8-12(14)4-7-16(20)21/h5-6,8-10H,4,7H2,1-3H3,(H,20,21). The molecule has 0 saturated carbocycles. The molecule has 4 nitrogen and oxygen atoms in total. The Morgan fingerprint density at radius 1 is 1.38 bits per heavy atom. The van der Waals surface area contributed by atoms with E-state index in [1.165, 1.54) is 12.1 Å². The molecule has 0 aliphatic rings. The molecule has 0 bridgehead atoms. The van der Waals surface area contributed by atoms with Crippen LogP contribution in [0.15, 0.2) is 24.4 Å². The third kappa shape index (κ3) is 3.48. The van der Waals surface area contributed by atoms with Gasteiger partial charge in [-0.1, -0.05) is 6.07 Å². The van der Waals surface area contributed by atoms with Gasteiger partial charge in [0.15, 0.2) is 0 Å². The zero-order valence-electron chi connectivity index (χ0n) is 12.4. The summed E-state index contributed by atoms with van der Waals surface area (Å²) in [5, 5.41) is 13.3. The zero-order chi connectivity index (χ0) is 15.6. The van der Waals surface area contributed by atoms with Crippen LogP contribution in [0.2, 0.25) is 0 Å². The predicted octanol–water partition coefficient (Wildman–Crippen LogP) is 3.60. The molecule has 2 aromatic rings. The van der Waals surface area contributed by atoms with E-state index in [9.17, 15) is 9.18 Å². The molecule has 1 aromatic carbocycles. The Balaban J connectivity index is 2.45. The van der Waals surface area contributed by atoms with E-state index >= 15 is 0 Å². The second-order valence-electron chi connectivity index (χ2n) is 5.40. The summed E-state index contributed by atoms with van der Waals surface area (Å²) < 4.78 is 15.3. The fraction of sp³-hybridized carbons (Fsp3) is 0.375. The van der Waals surface area contributed by atoms with E-state index in [1.54, 1.807) is 6.07 Å².